The van der Waals surface area contributed by atoms with Crippen molar-refractivity contribution in [1.82, 2.24) is 0 Å². The molecule has 3 saturated carbocycles. The van der Waals surface area contributed by atoms with Crippen LogP contribution < -0.4 is 0 Å². The van der Waals surface area contributed by atoms with Gasteiger partial charge in [-0.1, -0.05) is 27.7 Å². The highest BCUT2D eigenvalue weighted by atomic mass is 16.8. The predicted octanol–water partition coefficient (Wildman–Crippen LogP) is -0.417. The van der Waals surface area contributed by atoms with Gasteiger partial charge in [0.2, 0.25) is 11.6 Å². The molecule has 0 spiro atoms. The van der Waals surface area contributed by atoms with E-state index in [0.29, 0.717) is 6.42 Å². The van der Waals surface area contributed by atoms with Crippen LogP contribution in [0.3, 0.4) is 0 Å². The van der Waals surface area contributed by atoms with Crippen molar-refractivity contribution in [3.8, 4) is 0 Å². The lowest BCUT2D eigenvalue weighted by Crippen LogP contribution is -2.96. The number of carbonyl (C=O) groups is 1. The number of ether oxygens (including phenoxy) is 2. The largest absolute Gasteiger partial charge is 0.386 e. The third kappa shape index (κ3) is 1.31. The number of fused-ring (bicyclic) bond motifs is 3. The molecule has 8 heteroatoms. The fraction of sp³-hybridized carbons (Fsp3) is 0.950. The van der Waals surface area contributed by atoms with Crippen LogP contribution in [0.15, 0.2) is 0 Å². The lowest BCUT2D eigenvalue weighted by Gasteiger charge is -2.74. The van der Waals surface area contributed by atoms with Crippen LogP contribution >= 0.6 is 0 Å². The number of aliphatic hydroxyl groups is 5. The summed E-state index contributed by atoms with van der Waals surface area (Å²) in [7, 11) is 0. The van der Waals surface area contributed by atoms with Crippen molar-refractivity contribution in [1.29, 1.82) is 0 Å². The molecule has 8 nitrogen and oxygen atoms in total. The summed E-state index contributed by atoms with van der Waals surface area (Å²) in [6.07, 6.45) is -0.191. The highest BCUT2D eigenvalue weighted by molar-refractivity contribution is 6.01. The van der Waals surface area contributed by atoms with Crippen molar-refractivity contribution in [2.24, 2.45) is 17.3 Å². The molecule has 28 heavy (non-hydrogen) atoms. The monoisotopic (exact) mass is 398 g/mol. The Balaban J connectivity index is 1.89. The number of ketones is 1. The standard InChI is InChI=1S/C20H30O8/c1-10(2)15-9-17(23)13(4)8-18(24,28-15)14(5,27-15)20(17,26)12(21)19(25)11(3)6-7-16(13,19)22/h10-11,22-26H,6-9H2,1-5H3/t11-,13-,14-,15+,16+,17-,18-,19-,20-/m1/s1. The number of carbonyl (C=O) groups excluding carboxylic acids is 1. The fourth-order valence-corrected chi connectivity index (χ4v) is 7.51. The smallest absolute Gasteiger partial charge is 0.205 e. The summed E-state index contributed by atoms with van der Waals surface area (Å²) in [5.41, 5.74) is -12.7. The molecule has 5 aliphatic rings. The third-order valence-electron chi connectivity index (χ3n) is 9.51. The summed E-state index contributed by atoms with van der Waals surface area (Å²) in [6, 6.07) is 0. The Labute approximate surface area is 163 Å². The summed E-state index contributed by atoms with van der Waals surface area (Å²) in [5, 5.41) is 58.8. The van der Waals surface area contributed by atoms with Crippen LogP contribution in [-0.4, -0.2) is 70.9 Å². The second kappa shape index (κ2) is 4.37. The molecule has 0 amide bonds. The van der Waals surface area contributed by atoms with E-state index in [-0.39, 0.29) is 25.2 Å². The second-order valence-electron chi connectivity index (χ2n) is 10.6. The molecule has 5 N–H and O–H groups in total. The third-order valence-corrected chi connectivity index (χ3v) is 9.51. The Morgan fingerprint density at radius 2 is 1.61 bits per heavy atom. The quantitative estimate of drug-likeness (QED) is 0.402. The normalized spacial score (nSPS) is 67.2. The highest BCUT2D eigenvalue weighted by Gasteiger charge is 2.98. The number of Topliss-reactive ketones (excluding diaryl/α,β-unsaturated/α-hetero) is 1. The van der Waals surface area contributed by atoms with E-state index in [1.165, 1.54) is 13.8 Å². The highest BCUT2D eigenvalue weighted by Crippen LogP contribution is 2.78. The van der Waals surface area contributed by atoms with Crippen LogP contribution in [0.1, 0.15) is 60.3 Å². The maximum atomic E-state index is 13.8. The topological polar surface area (TPSA) is 137 Å². The second-order valence-corrected chi connectivity index (χ2v) is 10.6. The Bertz CT molecular complexity index is 816. The first-order chi connectivity index (χ1) is 12.6. The fourth-order valence-electron chi connectivity index (χ4n) is 7.51. The zero-order chi connectivity index (χ0) is 21.0. The van der Waals surface area contributed by atoms with E-state index < -0.39 is 56.7 Å². The van der Waals surface area contributed by atoms with E-state index in [1.54, 1.807) is 20.8 Å². The van der Waals surface area contributed by atoms with Gasteiger partial charge in [0.05, 0.1) is 0 Å². The molecule has 5 bridgehead atoms. The van der Waals surface area contributed by atoms with E-state index in [2.05, 4.69) is 0 Å². The van der Waals surface area contributed by atoms with Crippen molar-refractivity contribution < 1.29 is 39.8 Å². The van der Waals surface area contributed by atoms with Gasteiger partial charge in [-0.25, -0.2) is 0 Å². The number of hydrogen-bond donors (Lipinski definition) is 5. The zero-order valence-corrected chi connectivity index (χ0v) is 16.9. The van der Waals surface area contributed by atoms with Gasteiger partial charge in [0.15, 0.2) is 22.6 Å². The molecule has 2 aliphatic heterocycles. The lowest BCUT2D eigenvalue weighted by atomic mass is 9.36. The minimum absolute atomic E-state index is 0.0631. The number of rotatable bonds is 1. The van der Waals surface area contributed by atoms with Crippen molar-refractivity contribution in [2.45, 2.75) is 99.9 Å². The van der Waals surface area contributed by atoms with Crippen LogP contribution in [-0.2, 0) is 14.3 Å². The molecule has 158 valence electrons. The van der Waals surface area contributed by atoms with Gasteiger partial charge in [0.1, 0.15) is 11.2 Å². The van der Waals surface area contributed by atoms with Gasteiger partial charge < -0.3 is 35.0 Å². The molecule has 2 heterocycles. The molecule has 5 rings (SSSR count). The van der Waals surface area contributed by atoms with E-state index in [9.17, 15) is 30.3 Å². The summed E-state index contributed by atoms with van der Waals surface area (Å²) in [4.78, 5) is 13.8. The molecule has 0 aromatic rings. The average molecular weight is 398 g/mol. The van der Waals surface area contributed by atoms with Gasteiger partial charge >= 0.3 is 0 Å². The minimum Gasteiger partial charge on any atom is -0.386 e. The Morgan fingerprint density at radius 3 is 2.18 bits per heavy atom. The van der Waals surface area contributed by atoms with Gasteiger partial charge in [-0.3, -0.25) is 4.79 Å². The van der Waals surface area contributed by atoms with Crippen molar-refractivity contribution in [2.75, 3.05) is 0 Å². The summed E-state index contributed by atoms with van der Waals surface area (Å²) in [5.74, 6) is -5.60. The van der Waals surface area contributed by atoms with E-state index in [0.717, 1.165) is 0 Å². The van der Waals surface area contributed by atoms with Crippen molar-refractivity contribution in [3.63, 3.8) is 0 Å². The lowest BCUT2D eigenvalue weighted by molar-refractivity contribution is -0.423. The van der Waals surface area contributed by atoms with Gasteiger partial charge in [-0.15, -0.1) is 0 Å². The Morgan fingerprint density at radius 1 is 1.00 bits per heavy atom. The molecule has 0 unspecified atom stereocenters. The molecule has 2 saturated heterocycles. The average Bonchev–Trinajstić information content (AvgIpc) is 2.91. The maximum Gasteiger partial charge on any atom is 0.205 e. The van der Waals surface area contributed by atoms with Crippen LogP contribution in [0, 0.1) is 17.3 Å². The molecule has 9 atom stereocenters. The van der Waals surface area contributed by atoms with Gasteiger partial charge in [-0.05, 0) is 25.7 Å². The minimum atomic E-state index is -2.66. The molecule has 5 fully saturated rings. The Hall–Kier alpha value is -0.610. The first-order valence-electron chi connectivity index (χ1n) is 10.1. The molecular weight excluding hydrogens is 368 g/mol. The summed E-state index contributed by atoms with van der Waals surface area (Å²) in [6.45, 7) is 8.13. The molecule has 0 aromatic carbocycles. The zero-order valence-electron chi connectivity index (χ0n) is 16.9. The molecule has 0 aromatic heterocycles. The predicted molar refractivity (Wildman–Crippen MR) is 93.6 cm³/mol. The first-order valence-corrected chi connectivity index (χ1v) is 10.1. The van der Waals surface area contributed by atoms with Crippen molar-refractivity contribution in [3.05, 3.63) is 0 Å². The van der Waals surface area contributed by atoms with Crippen LogP contribution in [0.5, 0.6) is 0 Å². The van der Waals surface area contributed by atoms with Crippen LogP contribution in [0.2, 0.25) is 0 Å². The maximum absolute atomic E-state index is 13.8. The van der Waals surface area contributed by atoms with Gasteiger partial charge in [0.25, 0.3) is 0 Å². The van der Waals surface area contributed by atoms with E-state index in [4.69, 9.17) is 9.47 Å². The van der Waals surface area contributed by atoms with Crippen LogP contribution in [0.4, 0.5) is 0 Å². The van der Waals surface area contributed by atoms with Gasteiger partial charge in [-0.2, -0.15) is 0 Å². The molecular formula is C20H30O8. The van der Waals surface area contributed by atoms with Crippen molar-refractivity contribution >= 4 is 5.78 Å². The van der Waals surface area contributed by atoms with E-state index in [1.807, 2.05) is 0 Å². The SMILES string of the molecule is CC(C)[C@]12C[C@@]3(O)[C@]4(C)C[C@@](O)(O1)[C@@](C)(O2)[C@]3(O)C(=O)[C@]1(O)[C@H](C)CC[C@]41O. The molecule has 3 aliphatic carbocycles. The Kier molecular flexibility index (Phi) is 3.02. The van der Waals surface area contributed by atoms with Gasteiger partial charge in [0, 0.05) is 24.2 Å². The molecule has 0 radical (unpaired) electrons. The summed E-state index contributed by atoms with van der Waals surface area (Å²) < 4.78 is 12.1. The first kappa shape index (κ1) is 19.4. The number of hydrogen-bond acceptors (Lipinski definition) is 8. The summed E-state index contributed by atoms with van der Waals surface area (Å²) >= 11 is 0. The van der Waals surface area contributed by atoms with Crippen LogP contribution in [0.25, 0.3) is 0 Å². The van der Waals surface area contributed by atoms with E-state index >= 15 is 0 Å².